The Bertz CT molecular complexity index is 2280. The van der Waals surface area contributed by atoms with E-state index < -0.39 is 119 Å². The highest BCUT2D eigenvalue weighted by molar-refractivity contribution is 8.09. The van der Waals surface area contributed by atoms with Crippen LogP contribution in [0, 0.1) is 25.5 Å². The van der Waals surface area contributed by atoms with Crippen LogP contribution in [0.1, 0.15) is 88.6 Å². The van der Waals surface area contributed by atoms with E-state index in [4.69, 9.17) is 10.5 Å². The van der Waals surface area contributed by atoms with Crippen molar-refractivity contribution in [1.82, 2.24) is 30.6 Å². The highest BCUT2D eigenvalue weighted by Crippen LogP contribution is 2.30. The summed E-state index contributed by atoms with van der Waals surface area (Å²) in [4.78, 5) is 44.0. The molecule has 0 radical (unpaired) electrons. The number of esters is 1. The molecule has 0 aliphatic heterocycles. The maximum absolute atomic E-state index is 14.9. The third kappa shape index (κ3) is 13.0. The number of rotatable bonds is 21. The van der Waals surface area contributed by atoms with Crippen molar-refractivity contribution in [3.8, 4) is 0 Å². The van der Waals surface area contributed by atoms with Gasteiger partial charge >= 0.3 is 12.1 Å². The number of benzene rings is 2. The van der Waals surface area contributed by atoms with Crippen LogP contribution in [-0.2, 0) is 48.3 Å². The number of aromatic amines is 2. The number of aromatic nitrogens is 4. The van der Waals surface area contributed by atoms with Gasteiger partial charge in [-0.2, -0.15) is 23.4 Å². The molecule has 15 nitrogen and oxygen atoms in total. The second-order valence-electron chi connectivity index (χ2n) is 14.6. The normalized spacial score (nSPS) is 13.8. The lowest BCUT2D eigenvalue weighted by molar-refractivity contribution is -0.154. The molecule has 0 aliphatic rings. The van der Waals surface area contributed by atoms with Crippen LogP contribution in [0.2, 0.25) is 0 Å². The van der Waals surface area contributed by atoms with Crippen molar-refractivity contribution in [2.24, 2.45) is 5.73 Å². The lowest BCUT2D eigenvalue weighted by atomic mass is 10.0. The van der Waals surface area contributed by atoms with Gasteiger partial charge in [0.1, 0.15) is 17.7 Å². The Kier molecular flexibility index (Phi) is 16.5. The van der Waals surface area contributed by atoms with Crippen molar-refractivity contribution in [2.45, 2.75) is 95.3 Å². The average Bonchev–Trinajstić information content (AvgIpc) is 3.82. The van der Waals surface area contributed by atoms with Crippen LogP contribution in [-0.4, -0.2) is 101 Å². The molecule has 2 aromatic carbocycles. The Morgan fingerprint density at radius 2 is 1.34 bits per heavy atom. The highest BCUT2D eigenvalue weighted by Gasteiger charge is 2.54. The Balaban J connectivity index is 1.92. The molecule has 3 atom stereocenters. The van der Waals surface area contributed by atoms with Gasteiger partial charge in [-0.1, -0.05) is 44.9 Å². The topological polar surface area (TPSA) is 227 Å². The number of nitrogens with two attached hydrogens (primary N) is 1. The summed E-state index contributed by atoms with van der Waals surface area (Å²) in [5, 5.41) is 15.6. The number of aryl methyl sites for hydroxylation is 2. The number of H-pyrrole nitrogens is 2. The van der Waals surface area contributed by atoms with Gasteiger partial charge in [0.05, 0.1) is 17.1 Å². The van der Waals surface area contributed by atoms with E-state index in [0.29, 0.717) is 17.5 Å². The number of sulfone groups is 2. The van der Waals surface area contributed by atoms with E-state index in [9.17, 15) is 53.2 Å². The number of hydrogen-bond donors (Lipinski definition) is 4. The average molecular weight is 902 g/mol. The molecule has 1 unspecified atom stereocenters. The van der Waals surface area contributed by atoms with E-state index in [1.54, 1.807) is 13.8 Å². The second kappa shape index (κ2) is 20.7. The molecule has 4 aromatic rings. The number of carbonyl (C=O) groups excluding carboxylic acids is 3. The minimum atomic E-state index is -4.98. The minimum Gasteiger partial charge on any atom is -0.458 e. The lowest BCUT2D eigenvalue weighted by Gasteiger charge is -2.35. The van der Waals surface area contributed by atoms with Crippen molar-refractivity contribution in [3.05, 3.63) is 106 Å². The van der Waals surface area contributed by atoms with E-state index in [1.165, 1.54) is 32.0 Å². The molecule has 2 amide bonds. The van der Waals surface area contributed by atoms with Crippen LogP contribution in [0.15, 0.2) is 54.6 Å². The first-order valence-electron chi connectivity index (χ1n) is 19.2. The molecule has 334 valence electrons. The molecule has 0 aliphatic carbocycles. The first-order valence-corrected chi connectivity index (χ1v) is 22.6. The number of halogens is 5. The largest absolute Gasteiger partial charge is 0.458 e. The number of nitrogens with one attached hydrogen (secondary N) is 3. The molecule has 2 heterocycles. The number of amides is 2. The molecule has 0 saturated carbocycles. The number of unbranched alkanes of at least 4 members (excludes halogenated alkanes) is 2. The fourth-order valence-corrected chi connectivity index (χ4v) is 11.8. The van der Waals surface area contributed by atoms with Gasteiger partial charge < -0.3 is 15.8 Å². The van der Waals surface area contributed by atoms with Crippen molar-refractivity contribution >= 4 is 37.5 Å². The van der Waals surface area contributed by atoms with Crippen molar-refractivity contribution in [2.75, 3.05) is 18.1 Å². The van der Waals surface area contributed by atoms with E-state index in [2.05, 4.69) is 25.7 Å². The predicted octanol–water partition coefficient (Wildman–Crippen LogP) is 4.73. The van der Waals surface area contributed by atoms with Gasteiger partial charge in [0.15, 0.2) is 41.7 Å². The number of nitrogens with zero attached hydrogens (tertiary/aromatic N) is 3. The third-order valence-electron chi connectivity index (χ3n) is 9.41. The molecule has 2 aromatic heterocycles. The van der Waals surface area contributed by atoms with Gasteiger partial charge in [-0.05, 0) is 74.6 Å². The fourth-order valence-electron chi connectivity index (χ4n) is 6.37. The number of carbonyl (C=O) groups is 3. The van der Waals surface area contributed by atoms with E-state index in [-0.39, 0.29) is 48.3 Å². The molecular weight excluding hydrogens is 854 g/mol. The van der Waals surface area contributed by atoms with Crippen LogP contribution >= 0.6 is 0 Å². The summed E-state index contributed by atoms with van der Waals surface area (Å²) < 4.78 is 129. The summed E-state index contributed by atoms with van der Waals surface area (Å²) in [6, 6.07) is 4.83. The first-order chi connectivity index (χ1) is 28.6. The van der Waals surface area contributed by atoms with Gasteiger partial charge in [-0.25, -0.2) is 30.4 Å². The maximum atomic E-state index is 14.9. The zero-order valence-corrected chi connectivity index (χ0v) is 35.4. The Morgan fingerprint density at radius 1 is 0.820 bits per heavy atom. The van der Waals surface area contributed by atoms with E-state index in [0.717, 1.165) is 30.3 Å². The monoisotopic (exact) mass is 901 g/mol. The van der Waals surface area contributed by atoms with Crippen LogP contribution in [0.25, 0.3) is 0 Å². The summed E-state index contributed by atoms with van der Waals surface area (Å²) in [5.41, 5.74) is 5.17. The van der Waals surface area contributed by atoms with Gasteiger partial charge in [-0.15, -0.1) is 0 Å². The molecule has 0 fully saturated rings. The Labute approximate surface area is 349 Å². The summed E-state index contributed by atoms with van der Waals surface area (Å²) in [5.74, 6) is -8.10. The number of hydrogen-bond acceptors (Lipinski definition) is 12. The smallest absolute Gasteiger partial charge is 0.416 e. The molecule has 4 rings (SSSR count). The zero-order chi connectivity index (χ0) is 45.3. The van der Waals surface area contributed by atoms with Crippen LogP contribution in [0.5, 0.6) is 0 Å². The van der Waals surface area contributed by atoms with Crippen LogP contribution in [0.3, 0.4) is 0 Å². The minimum absolute atomic E-state index is 0.0302. The van der Waals surface area contributed by atoms with Crippen molar-refractivity contribution in [1.29, 1.82) is 0 Å². The third-order valence-corrected chi connectivity index (χ3v) is 14.8. The van der Waals surface area contributed by atoms with Crippen LogP contribution < -0.4 is 11.1 Å². The summed E-state index contributed by atoms with van der Waals surface area (Å²) >= 11 is 0. The summed E-state index contributed by atoms with van der Waals surface area (Å²) in [6.45, 7) is 5.43. The van der Waals surface area contributed by atoms with Gasteiger partial charge in [0.2, 0.25) is 0 Å². The van der Waals surface area contributed by atoms with E-state index in [1.807, 2.05) is 0 Å². The molecule has 0 bridgehead atoms. The lowest BCUT2D eigenvalue weighted by Crippen LogP contribution is -2.61. The molecule has 22 heteroatoms. The van der Waals surface area contributed by atoms with Gasteiger partial charge in [0, 0.05) is 36.6 Å². The first kappa shape index (κ1) is 48.6. The van der Waals surface area contributed by atoms with Gasteiger partial charge in [0.25, 0.3) is 11.8 Å². The molecule has 61 heavy (non-hydrogen) atoms. The standard InChI is InChI=1S/C39H48F5N7O8S2/c1-5-7-12-60(55,56)38(61(57,58)13-8-6-2)34(51(35(52)31-14-23(3)47-49-31)36(53)32-15-24(4)48-50-32)37(54)59-33(30(45)19-26-17-28(40)20-29(41)18-26)22-46-21-25-10-9-11-27(16-25)39(42,43)44/h9-11,14-18,20,30,33-34,38,46H,5-8,12-13,19,21-22,45H2,1-4H3,(H,47,49)(H,48,50)/t30?,33-,34+/m1/s1. The Hall–Kier alpha value is -5.06. The number of alkyl halides is 3. The predicted molar refractivity (Wildman–Crippen MR) is 213 cm³/mol. The SMILES string of the molecule is CCCCS(=O)(=O)C([C@H](C(=O)O[C@H](CNCc1cccc(C(F)(F)F)c1)C(N)Cc1cc(F)cc(F)c1)N(C(=O)c1cc(C)[nH]n1)C(=O)c1cc(C)[nH]n1)S(=O)(=O)CCCC. The number of imide groups is 1. The quantitative estimate of drug-likeness (QED) is 0.0506. The molecule has 5 N–H and O–H groups in total. The Morgan fingerprint density at radius 3 is 1.80 bits per heavy atom. The van der Waals surface area contributed by atoms with Crippen molar-refractivity contribution in [3.63, 3.8) is 0 Å². The van der Waals surface area contributed by atoms with Crippen LogP contribution in [0.4, 0.5) is 22.0 Å². The van der Waals surface area contributed by atoms with Gasteiger partial charge in [-0.3, -0.25) is 24.7 Å². The molecule has 0 spiro atoms. The highest BCUT2D eigenvalue weighted by atomic mass is 32.3. The summed E-state index contributed by atoms with van der Waals surface area (Å²) in [6.07, 6.45) is -6.44. The fraction of sp³-hybridized carbons (Fsp3) is 0.462. The second-order valence-corrected chi connectivity index (χ2v) is 19.3. The van der Waals surface area contributed by atoms with E-state index >= 15 is 0 Å². The molecular formula is C39H48F5N7O8S2. The maximum Gasteiger partial charge on any atom is 0.416 e. The summed E-state index contributed by atoms with van der Waals surface area (Å²) in [7, 11) is -9.96. The zero-order valence-electron chi connectivity index (χ0n) is 33.8. The number of ether oxygens (including phenoxy) is 1. The van der Waals surface area contributed by atoms with Crippen molar-refractivity contribution < 1.29 is 57.9 Å². The molecule has 0 saturated heterocycles.